The van der Waals surface area contributed by atoms with Gasteiger partial charge in [-0.15, -0.1) is 11.3 Å². The van der Waals surface area contributed by atoms with Gasteiger partial charge in [-0.3, -0.25) is 4.79 Å². The lowest BCUT2D eigenvalue weighted by Gasteiger charge is -2.43. The fourth-order valence-electron chi connectivity index (χ4n) is 5.33. The van der Waals surface area contributed by atoms with Gasteiger partial charge in [0.15, 0.2) is 0 Å². The number of aromatic nitrogens is 1. The van der Waals surface area contributed by atoms with Gasteiger partial charge in [-0.25, -0.2) is 9.78 Å². The Morgan fingerprint density at radius 3 is 2.47 bits per heavy atom. The molecule has 3 amide bonds. The molecule has 0 aromatic carbocycles. The van der Waals surface area contributed by atoms with E-state index in [2.05, 4.69) is 10.2 Å². The third-order valence-electron chi connectivity index (χ3n) is 6.86. The number of amides is 3. The zero-order chi connectivity index (χ0) is 21.3. The minimum absolute atomic E-state index is 0.0168. The molecule has 4 rings (SSSR count). The SMILES string of the molecule is CC(C)(C)NC(=O)N1CCC(c2nc(C(=O)N3CCCC4CCCCC43)cs2)CC1. The quantitative estimate of drug-likeness (QED) is 0.741. The lowest BCUT2D eigenvalue weighted by Crippen LogP contribution is -2.50. The van der Waals surface area contributed by atoms with E-state index in [0.717, 1.165) is 50.3 Å². The summed E-state index contributed by atoms with van der Waals surface area (Å²) in [6.45, 7) is 8.38. The van der Waals surface area contributed by atoms with Crippen LogP contribution in [0.4, 0.5) is 4.79 Å². The van der Waals surface area contributed by atoms with Gasteiger partial charge >= 0.3 is 6.03 Å². The van der Waals surface area contributed by atoms with Crippen LogP contribution in [-0.2, 0) is 0 Å². The number of fused-ring (bicyclic) bond motifs is 1. The summed E-state index contributed by atoms with van der Waals surface area (Å²) >= 11 is 1.62. The molecule has 1 aromatic rings. The standard InChI is InChI=1S/C23H36N4O2S/c1-23(2,3)25-22(29)26-13-10-17(11-14-26)20-24-18(15-30-20)21(28)27-12-6-8-16-7-4-5-9-19(16)27/h15-17,19H,4-14H2,1-3H3,(H,25,29). The van der Waals surface area contributed by atoms with Crippen molar-refractivity contribution in [2.24, 2.45) is 5.92 Å². The van der Waals surface area contributed by atoms with E-state index < -0.39 is 0 Å². The van der Waals surface area contributed by atoms with Gasteiger partial charge < -0.3 is 15.1 Å². The lowest BCUT2D eigenvalue weighted by molar-refractivity contribution is 0.0386. The van der Waals surface area contributed by atoms with Gasteiger partial charge in [-0.2, -0.15) is 0 Å². The van der Waals surface area contributed by atoms with Gasteiger partial charge in [0.1, 0.15) is 5.69 Å². The number of likely N-dealkylation sites (tertiary alicyclic amines) is 2. The summed E-state index contributed by atoms with van der Waals surface area (Å²) in [5, 5.41) is 6.07. The molecule has 1 saturated carbocycles. The molecular formula is C23H36N4O2S. The summed E-state index contributed by atoms with van der Waals surface area (Å²) in [7, 11) is 0. The number of carbonyl (C=O) groups excluding carboxylic acids is 2. The maximum atomic E-state index is 13.2. The van der Waals surface area contributed by atoms with Crippen molar-refractivity contribution in [1.82, 2.24) is 20.1 Å². The highest BCUT2D eigenvalue weighted by molar-refractivity contribution is 7.09. The minimum atomic E-state index is -0.218. The Balaban J connectivity index is 1.35. The average molecular weight is 433 g/mol. The van der Waals surface area contributed by atoms with Crippen LogP contribution < -0.4 is 5.32 Å². The molecule has 3 aliphatic rings. The predicted octanol–water partition coefficient (Wildman–Crippen LogP) is 4.63. The first kappa shape index (κ1) is 21.6. The Bertz CT molecular complexity index is 761. The molecule has 0 radical (unpaired) electrons. The highest BCUT2D eigenvalue weighted by Crippen LogP contribution is 2.36. The molecule has 0 bridgehead atoms. The van der Waals surface area contributed by atoms with Crippen molar-refractivity contribution in [2.75, 3.05) is 19.6 Å². The van der Waals surface area contributed by atoms with Crippen molar-refractivity contribution in [3.8, 4) is 0 Å². The fraction of sp³-hybridized carbons (Fsp3) is 0.783. The smallest absolute Gasteiger partial charge is 0.317 e. The molecule has 3 heterocycles. The van der Waals surface area contributed by atoms with E-state index >= 15 is 0 Å². The number of nitrogens with one attached hydrogen (secondary N) is 1. The molecule has 2 saturated heterocycles. The zero-order valence-electron chi connectivity index (χ0n) is 18.7. The summed E-state index contributed by atoms with van der Waals surface area (Å²) in [5.74, 6) is 1.17. The molecule has 6 nitrogen and oxygen atoms in total. The second kappa shape index (κ2) is 8.85. The second-order valence-corrected chi connectivity index (χ2v) is 11.2. The number of carbonyl (C=O) groups is 2. The highest BCUT2D eigenvalue weighted by atomic mass is 32.1. The number of rotatable bonds is 2. The van der Waals surface area contributed by atoms with Crippen molar-refractivity contribution in [3.05, 3.63) is 16.1 Å². The van der Waals surface area contributed by atoms with Crippen molar-refractivity contribution >= 4 is 23.3 Å². The first-order valence-electron chi connectivity index (χ1n) is 11.7. The van der Waals surface area contributed by atoms with E-state index in [1.54, 1.807) is 11.3 Å². The summed E-state index contributed by atoms with van der Waals surface area (Å²) in [5.41, 5.74) is 0.415. The topological polar surface area (TPSA) is 65.5 Å². The van der Waals surface area contributed by atoms with Crippen LogP contribution in [0.2, 0.25) is 0 Å². The first-order chi connectivity index (χ1) is 14.3. The number of thiazole rings is 1. The van der Waals surface area contributed by atoms with E-state index in [0.29, 0.717) is 23.6 Å². The van der Waals surface area contributed by atoms with Crippen LogP contribution in [0.25, 0.3) is 0 Å². The summed E-state index contributed by atoms with van der Waals surface area (Å²) < 4.78 is 0. The van der Waals surface area contributed by atoms with E-state index in [1.165, 1.54) is 25.7 Å². The first-order valence-corrected chi connectivity index (χ1v) is 12.5. The monoisotopic (exact) mass is 432 g/mol. The third kappa shape index (κ3) is 4.82. The molecule has 1 aromatic heterocycles. The molecule has 30 heavy (non-hydrogen) atoms. The van der Waals surface area contributed by atoms with Crippen molar-refractivity contribution < 1.29 is 9.59 Å². The number of piperidine rings is 2. The maximum absolute atomic E-state index is 13.2. The van der Waals surface area contributed by atoms with Crippen molar-refractivity contribution in [1.29, 1.82) is 0 Å². The summed E-state index contributed by atoms with van der Waals surface area (Å²) in [6, 6.07) is 0.442. The van der Waals surface area contributed by atoms with E-state index in [1.807, 2.05) is 31.1 Å². The van der Waals surface area contributed by atoms with Gasteiger partial charge in [0.2, 0.25) is 0 Å². The lowest BCUT2D eigenvalue weighted by atomic mass is 9.78. The fourth-order valence-corrected chi connectivity index (χ4v) is 6.29. The Morgan fingerprint density at radius 1 is 1.03 bits per heavy atom. The largest absolute Gasteiger partial charge is 0.334 e. The normalized spacial score (nSPS) is 25.7. The Hall–Kier alpha value is -1.63. The second-order valence-electron chi connectivity index (χ2n) is 10.3. The van der Waals surface area contributed by atoms with Crippen LogP contribution >= 0.6 is 11.3 Å². The molecular weight excluding hydrogens is 396 g/mol. The Labute approximate surface area is 184 Å². The molecule has 0 spiro atoms. The molecule has 166 valence electrons. The zero-order valence-corrected chi connectivity index (χ0v) is 19.5. The summed E-state index contributed by atoms with van der Waals surface area (Å²) in [4.78, 5) is 34.4. The number of hydrogen-bond acceptors (Lipinski definition) is 4. The molecule has 7 heteroatoms. The predicted molar refractivity (Wildman–Crippen MR) is 120 cm³/mol. The maximum Gasteiger partial charge on any atom is 0.317 e. The number of nitrogens with zero attached hydrogens (tertiary/aromatic N) is 3. The third-order valence-corrected chi connectivity index (χ3v) is 7.87. The van der Waals surface area contributed by atoms with Gasteiger partial charge in [-0.1, -0.05) is 12.8 Å². The molecule has 1 N–H and O–H groups in total. The van der Waals surface area contributed by atoms with E-state index in [9.17, 15) is 9.59 Å². The van der Waals surface area contributed by atoms with Crippen LogP contribution in [0.1, 0.15) is 93.6 Å². The number of urea groups is 1. The van der Waals surface area contributed by atoms with Gasteiger partial charge in [0.25, 0.3) is 5.91 Å². The number of hydrogen-bond donors (Lipinski definition) is 1. The average Bonchev–Trinajstić information content (AvgIpc) is 3.22. The van der Waals surface area contributed by atoms with Crippen LogP contribution in [-0.4, -0.2) is 57.9 Å². The molecule has 2 aliphatic heterocycles. The summed E-state index contributed by atoms with van der Waals surface area (Å²) in [6.07, 6.45) is 9.21. The van der Waals surface area contributed by atoms with Gasteiger partial charge in [-0.05, 0) is 65.2 Å². The Kier molecular flexibility index (Phi) is 6.37. The Morgan fingerprint density at radius 2 is 1.73 bits per heavy atom. The van der Waals surface area contributed by atoms with E-state index in [4.69, 9.17) is 4.98 Å². The van der Waals surface area contributed by atoms with Crippen LogP contribution in [0.3, 0.4) is 0 Å². The van der Waals surface area contributed by atoms with Crippen LogP contribution in [0.5, 0.6) is 0 Å². The highest BCUT2D eigenvalue weighted by Gasteiger charge is 2.37. The van der Waals surface area contributed by atoms with Gasteiger partial charge in [0.05, 0.1) is 5.01 Å². The molecule has 2 atom stereocenters. The van der Waals surface area contributed by atoms with Crippen LogP contribution in [0, 0.1) is 5.92 Å². The van der Waals surface area contributed by atoms with Crippen LogP contribution in [0.15, 0.2) is 5.38 Å². The van der Waals surface area contributed by atoms with Gasteiger partial charge in [0, 0.05) is 42.5 Å². The van der Waals surface area contributed by atoms with E-state index in [-0.39, 0.29) is 17.5 Å². The molecule has 2 unspecified atom stereocenters. The molecule has 3 fully saturated rings. The minimum Gasteiger partial charge on any atom is -0.334 e. The molecule has 1 aliphatic carbocycles. The van der Waals surface area contributed by atoms with Crippen molar-refractivity contribution in [2.45, 2.75) is 89.6 Å². The van der Waals surface area contributed by atoms with Crippen molar-refractivity contribution in [3.63, 3.8) is 0 Å².